The third-order valence-corrected chi connectivity index (χ3v) is 5.65. The first kappa shape index (κ1) is 17.7. The van der Waals surface area contributed by atoms with Crippen molar-refractivity contribution in [2.24, 2.45) is 0 Å². The van der Waals surface area contributed by atoms with E-state index in [2.05, 4.69) is 4.98 Å². The maximum absolute atomic E-state index is 12.9. The summed E-state index contributed by atoms with van der Waals surface area (Å²) in [6.07, 6.45) is 0.725. The number of hydrogen-bond donors (Lipinski definition) is 1. The summed E-state index contributed by atoms with van der Waals surface area (Å²) in [6.45, 7) is 2.09. The molecule has 1 N–H and O–H groups in total. The van der Waals surface area contributed by atoms with Crippen LogP contribution in [0.2, 0.25) is 10.0 Å². The molecule has 1 aromatic carbocycles. The fourth-order valence-corrected chi connectivity index (χ4v) is 4.10. The van der Waals surface area contributed by atoms with Gasteiger partial charge in [0.2, 0.25) is 0 Å². The number of H-pyrrole nitrogens is 1. The van der Waals surface area contributed by atoms with Crippen molar-refractivity contribution in [1.82, 2.24) is 9.55 Å². The van der Waals surface area contributed by atoms with Crippen molar-refractivity contribution in [2.45, 2.75) is 26.3 Å². The van der Waals surface area contributed by atoms with Crippen LogP contribution in [-0.2, 0) is 6.54 Å². The predicted molar refractivity (Wildman–Crippen MR) is 102 cm³/mol. The van der Waals surface area contributed by atoms with Gasteiger partial charge in [-0.15, -0.1) is 11.3 Å². The molecule has 0 aliphatic heterocycles. The standard InChI is InChI=1S/C17H13Cl2N3O2S/c1-9-13(10-4-5-11(18)12(19)8-10)14-15(25-9)21-17(24)22(16(14)23)7-3-2-6-20/h4-5,8H,2-3,7H2,1H3,(H,21,24). The van der Waals surface area contributed by atoms with Crippen LogP contribution in [0.4, 0.5) is 0 Å². The van der Waals surface area contributed by atoms with Crippen LogP contribution in [0.3, 0.4) is 0 Å². The molecule has 0 unspecified atom stereocenters. The molecule has 3 aromatic rings. The molecule has 3 rings (SSSR count). The normalized spacial score (nSPS) is 11.0. The number of aromatic amines is 1. The summed E-state index contributed by atoms with van der Waals surface area (Å²) >= 11 is 13.4. The highest BCUT2D eigenvalue weighted by molar-refractivity contribution is 7.19. The lowest BCUT2D eigenvalue weighted by Crippen LogP contribution is -2.34. The molecule has 2 aromatic heterocycles. The number of aromatic nitrogens is 2. The van der Waals surface area contributed by atoms with Crippen LogP contribution in [0.5, 0.6) is 0 Å². The monoisotopic (exact) mass is 393 g/mol. The molecular formula is C17H13Cl2N3O2S. The largest absolute Gasteiger partial charge is 0.329 e. The Morgan fingerprint density at radius 3 is 2.72 bits per heavy atom. The molecule has 0 aliphatic rings. The third-order valence-electron chi connectivity index (χ3n) is 3.89. The summed E-state index contributed by atoms with van der Waals surface area (Å²) in [4.78, 5) is 29.3. The summed E-state index contributed by atoms with van der Waals surface area (Å²) in [7, 11) is 0. The van der Waals surface area contributed by atoms with Gasteiger partial charge in [-0.2, -0.15) is 5.26 Å². The summed E-state index contributed by atoms with van der Waals surface area (Å²) in [5.41, 5.74) is 0.694. The second kappa shape index (κ2) is 7.04. The number of thiophene rings is 1. The average Bonchev–Trinajstić information content (AvgIpc) is 2.89. The van der Waals surface area contributed by atoms with E-state index in [-0.39, 0.29) is 18.5 Å². The molecule has 0 radical (unpaired) electrons. The Morgan fingerprint density at radius 1 is 1.28 bits per heavy atom. The van der Waals surface area contributed by atoms with Gasteiger partial charge in [-0.3, -0.25) is 14.3 Å². The van der Waals surface area contributed by atoms with Gasteiger partial charge in [0.25, 0.3) is 5.56 Å². The van der Waals surface area contributed by atoms with Crippen molar-refractivity contribution >= 4 is 44.8 Å². The number of fused-ring (bicyclic) bond motifs is 1. The molecule has 5 nitrogen and oxygen atoms in total. The van der Waals surface area contributed by atoms with Gasteiger partial charge in [-0.1, -0.05) is 29.3 Å². The van der Waals surface area contributed by atoms with Gasteiger partial charge in [0.15, 0.2) is 0 Å². The number of nitriles is 1. The van der Waals surface area contributed by atoms with Crippen molar-refractivity contribution in [2.75, 3.05) is 0 Å². The van der Waals surface area contributed by atoms with E-state index in [1.165, 1.54) is 11.3 Å². The minimum atomic E-state index is -0.461. The van der Waals surface area contributed by atoms with Crippen LogP contribution in [0.1, 0.15) is 17.7 Å². The van der Waals surface area contributed by atoms with Crippen molar-refractivity contribution in [3.8, 4) is 17.2 Å². The number of unbranched alkanes of at least 4 members (excludes halogenated alkanes) is 1. The maximum Gasteiger partial charge on any atom is 0.329 e. The Labute approximate surface area is 157 Å². The number of halogens is 2. The van der Waals surface area contributed by atoms with Crippen LogP contribution in [0.15, 0.2) is 27.8 Å². The van der Waals surface area contributed by atoms with Gasteiger partial charge in [-0.25, -0.2) is 4.79 Å². The highest BCUT2D eigenvalue weighted by atomic mass is 35.5. The van der Waals surface area contributed by atoms with Gasteiger partial charge >= 0.3 is 5.69 Å². The van der Waals surface area contributed by atoms with Gasteiger partial charge in [0.05, 0.1) is 21.5 Å². The minimum Gasteiger partial charge on any atom is -0.298 e. The lowest BCUT2D eigenvalue weighted by atomic mass is 10.0. The fraction of sp³-hybridized carbons (Fsp3) is 0.235. The Hall–Kier alpha value is -2.07. The van der Waals surface area contributed by atoms with Crippen molar-refractivity contribution in [3.05, 3.63) is 54.0 Å². The minimum absolute atomic E-state index is 0.202. The van der Waals surface area contributed by atoms with E-state index in [0.717, 1.165) is 20.6 Å². The van der Waals surface area contributed by atoms with E-state index in [0.29, 0.717) is 26.7 Å². The molecule has 0 amide bonds. The molecule has 8 heteroatoms. The predicted octanol–water partition coefficient (Wildman–Crippen LogP) is 4.34. The molecule has 0 saturated heterocycles. The van der Waals surface area contributed by atoms with E-state index in [9.17, 15) is 9.59 Å². The number of nitrogens with zero attached hydrogens (tertiary/aromatic N) is 2. The zero-order valence-corrected chi connectivity index (χ0v) is 15.6. The van der Waals surface area contributed by atoms with Gasteiger partial charge < -0.3 is 0 Å². The molecule has 0 fully saturated rings. The molecule has 0 spiro atoms. The summed E-state index contributed by atoms with van der Waals surface area (Å²) < 4.78 is 1.15. The highest BCUT2D eigenvalue weighted by Crippen LogP contribution is 2.37. The van der Waals surface area contributed by atoms with Gasteiger partial charge in [-0.05, 0) is 31.0 Å². The zero-order valence-electron chi connectivity index (χ0n) is 13.2. The number of aryl methyl sites for hydroxylation is 1. The van der Waals surface area contributed by atoms with Crippen LogP contribution < -0.4 is 11.2 Å². The Balaban J connectivity index is 2.26. The molecule has 0 bridgehead atoms. The molecular weight excluding hydrogens is 381 g/mol. The molecule has 25 heavy (non-hydrogen) atoms. The second-order valence-corrected chi connectivity index (χ2v) is 7.55. The molecule has 2 heterocycles. The van der Waals surface area contributed by atoms with Crippen LogP contribution in [0, 0.1) is 18.3 Å². The lowest BCUT2D eigenvalue weighted by molar-refractivity contribution is 0.605. The fourth-order valence-electron chi connectivity index (χ4n) is 2.75. The molecule has 0 atom stereocenters. The van der Waals surface area contributed by atoms with E-state index in [1.807, 2.05) is 13.0 Å². The molecule has 128 valence electrons. The quantitative estimate of drug-likeness (QED) is 0.669. The number of rotatable bonds is 4. The Morgan fingerprint density at radius 2 is 2.04 bits per heavy atom. The van der Waals surface area contributed by atoms with Crippen molar-refractivity contribution < 1.29 is 0 Å². The first-order valence-electron chi connectivity index (χ1n) is 7.52. The smallest absolute Gasteiger partial charge is 0.298 e. The van der Waals surface area contributed by atoms with Crippen LogP contribution in [-0.4, -0.2) is 9.55 Å². The highest BCUT2D eigenvalue weighted by Gasteiger charge is 2.18. The number of hydrogen-bond acceptors (Lipinski definition) is 4. The summed E-state index contributed by atoms with van der Waals surface area (Å²) in [6, 6.07) is 7.20. The van der Waals surface area contributed by atoms with E-state index in [4.69, 9.17) is 28.5 Å². The third kappa shape index (κ3) is 3.23. The first-order valence-corrected chi connectivity index (χ1v) is 9.10. The number of nitrogens with one attached hydrogen (secondary N) is 1. The van der Waals surface area contributed by atoms with Crippen LogP contribution in [0.25, 0.3) is 21.3 Å². The van der Waals surface area contributed by atoms with Gasteiger partial charge in [0, 0.05) is 23.4 Å². The van der Waals surface area contributed by atoms with Crippen molar-refractivity contribution in [3.63, 3.8) is 0 Å². The lowest BCUT2D eigenvalue weighted by Gasteiger charge is -2.06. The van der Waals surface area contributed by atoms with Crippen LogP contribution >= 0.6 is 34.5 Å². The number of benzene rings is 1. The topological polar surface area (TPSA) is 78.7 Å². The van der Waals surface area contributed by atoms with Gasteiger partial charge in [0.1, 0.15) is 4.83 Å². The van der Waals surface area contributed by atoms with E-state index >= 15 is 0 Å². The van der Waals surface area contributed by atoms with E-state index < -0.39 is 5.69 Å². The summed E-state index contributed by atoms with van der Waals surface area (Å²) in [5.74, 6) is 0. The SMILES string of the molecule is Cc1sc2[nH]c(=O)n(CCCC#N)c(=O)c2c1-c1ccc(Cl)c(Cl)c1. The Kier molecular flexibility index (Phi) is 5.00. The van der Waals surface area contributed by atoms with Crippen molar-refractivity contribution in [1.29, 1.82) is 5.26 Å². The second-order valence-electron chi connectivity index (χ2n) is 5.51. The average molecular weight is 394 g/mol. The zero-order chi connectivity index (χ0) is 18.1. The summed E-state index contributed by atoms with van der Waals surface area (Å²) in [5, 5.41) is 9.95. The van der Waals surface area contributed by atoms with E-state index in [1.54, 1.807) is 18.2 Å². The molecule has 0 saturated carbocycles. The Bertz CT molecular complexity index is 1120. The molecule has 0 aliphatic carbocycles. The maximum atomic E-state index is 12.9. The first-order chi connectivity index (χ1) is 11.9.